The molecule has 1 aliphatic heterocycles. The van der Waals surface area contributed by atoms with Crippen molar-refractivity contribution in [2.75, 3.05) is 39.3 Å². The second-order valence-electron chi connectivity index (χ2n) is 6.69. The molecule has 4 heteroatoms. The van der Waals surface area contributed by atoms with Crippen LogP contribution in [-0.2, 0) is 11.2 Å². The van der Waals surface area contributed by atoms with Crippen LogP contribution in [0, 0.1) is 0 Å². The molecule has 1 heterocycles. The van der Waals surface area contributed by atoms with Crippen LogP contribution in [0.4, 0.5) is 0 Å². The Morgan fingerprint density at radius 1 is 1.22 bits per heavy atom. The van der Waals surface area contributed by atoms with Gasteiger partial charge in [-0.2, -0.15) is 0 Å². The highest BCUT2D eigenvalue weighted by molar-refractivity contribution is 5.76. The highest BCUT2D eigenvalue weighted by Gasteiger charge is 2.09. The molecule has 1 fully saturated rings. The number of carbonyl (C=O) groups excluding carboxylic acids is 1. The van der Waals surface area contributed by atoms with Crippen molar-refractivity contribution >= 4 is 5.91 Å². The molecule has 0 saturated carbocycles. The summed E-state index contributed by atoms with van der Waals surface area (Å²) in [6, 6.07) is 8.64. The summed E-state index contributed by atoms with van der Waals surface area (Å²) >= 11 is 0. The molecule has 0 aliphatic carbocycles. The number of hydrogen-bond acceptors (Lipinski definition) is 3. The Morgan fingerprint density at radius 3 is 2.57 bits per heavy atom. The number of benzene rings is 1. The van der Waals surface area contributed by atoms with E-state index in [1.54, 1.807) is 0 Å². The Hall–Kier alpha value is -1.39. The van der Waals surface area contributed by atoms with Crippen molar-refractivity contribution in [1.29, 1.82) is 0 Å². The van der Waals surface area contributed by atoms with E-state index in [1.165, 1.54) is 11.1 Å². The molecule has 1 aromatic carbocycles. The largest absolute Gasteiger partial charge is 0.356 e. The van der Waals surface area contributed by atoms with Crippen molar-refractivity contribution in [3.8, 4) is 0 Å². The van der Waals surface area contributed by atoms with E-state index in [2.05, 4.69) is 53.6 Å². The molecule has 0 bridgehead atoms. The fraction of sp³-hybridized carbons (Fsp3) is 0.632. The lowest BCUT2D eigenvalue weighted by Crippen LogP contribution is -2.44. The van der Waals surface area contributed by atoms with Crippen LogP contribution in [0.5, 0.6) is 0 Å². The van der Waals surface area contributed by atoms with E-state index in [0.717, 1.165) is 52.1 Å². The van der Waals surface area contributed by atoms with Crippen molar-refractivity contribution in [2.45, 2.75) is 39.0 Å². The fourth-order valence-corrected chi connectivity index (χ4v) is 2.88. The van der Waals surface area contributed by atoms with E-state index in [4.69, 9.17) is 0 Å². The summed E-state index contributed by atoms with van der Waals surface area (Å²) < 4.78 is 0. The van der Waals surface area contributed by atoms with Gasteiger partial charge in [0.25, 0.3) is 0 Å². The Balaban J connectivity index is 1.57. The first-order valence-corrected chi connectivity index (χ1v) is 8.94. The number of carbonyl (C=O) groups is 1. The monoisotopic (exact) mass is 317 g/mol. The third-order valence-electron chi connectivity index (χ3n) is 4.47. The standard InChI is InChI=1S/C19H31N3O/c1-16(2)18-7-4-17(5-8-18)6-9-19(23)21-10-3-13-22-14-11-20-12-15-22/h4-5,7-8,16,20H,3,6,9-15H2,1-2H3,(H,21,23). The molecule has 2 N–H and O–H groups in total. The first-order chi connectivity index (χ1) is 11.1. The maximum atomic E-state index is 11.9. The van der Waals surface area contributed by atoms with Crippen LogP contribution < -0.4 is 10.6 Å². The van der Waals surface area contributed by atoms with Gasteiger partial charge in [-0.05, 0) is 36.4 Å². The molecule has 2 rings (SSSR count). The molecule has 0 spiro atoms. The molecule has 0 radical (unpaired) electrons. The number of aryl methyl sites for hydroxylation is 1. The Bertz CT molecular complexity index is 464. The van der Waals surface area contributed by atoms with Gasteiger partial charge in [0.2, 0.25) is 5.91 Å². The molecule has 23 heavy (non-hydrogen) atoms. The van der Waals surface area contributed by atoms with Crippen LogP contribution in [0.15, 0.2) is 24.3 Å². The van der Waals surface area contributed by atoms with Crippen molar-refractivity contribution in [2.24, 2.45) is 0 Å². The van der Waals surface area contributed by atoms with Crippen molar-refractivity contribution in [3.63, 3.8) is 0 Å². The average Bonchev–Trinajstić information content (AvgIpc) is 2.58. The van der Waals surface area contributed by atoms with E-state index >= 15 is 0 Å². The predicted molar refractivity (Wildman–Crippen MR) is 95.8 cm³/mol. The number of nitrogens with zero attached hydrogens (tertiary/aromatic N) is 1. The van der Waals surface area contributed by atoms with Gasteiger partial charge in [-0.3, -0.25) is 4.79 Å². The summed E-state index contributed by atoms with van der Waals surface area (Å²) in [5, 5.41) is 6.39. The summed E-state index contributed by atoms with van der Waals surface area (Å²) in [4.78, 5) is 14.4. The van der Waals surface area contributed by atoms with Crippen LogP contribution in [0.25, 0.3) is 0 Å². The van der Waals surface area contributed by atoms with Gasteiger partial charge in [0.15, 0.2) is 0 Å². The zero-order chi connectivity index (χ0) is 16.5. The molecule has 1 aliphatic rings. The van der Waals surface area contributed by atoms with E-state index in [-0.39, 0.29) is 5.91 Å². The zero-order valence-electron chi connectivity index (χ0n) is 14.6. The lowest BCUT2D eigenvalue weighted by molar-refractivity contribution is -0.121. The van der Waals surface area contributed by atoms with Crippen molar-refractivity contribution in [1.82, 2.24) is 15.5 Å². The third-order valence-corrected chi connectivity index (χ3v) is 4.47. The lowest BCUT2D eigenvalue weighted by atomic mass is 10.0. The van der Waals surface area contributed by atoms with Gasteiger partial charge in [0.05, 0.1) is 0 Å². The van der Waals surface area contributed by atoms with Crippen LogP contribution in [0.1, 0.15) is 43.7 Å². The number of rotatable bonds is 8. The molecular formula is C19H31N3O. The predicted octanol–water partition coefficient (Wildman–Crippen LogP) is 2.15. The Morgan fingerprint density at radius 2 is 1.91 bits per heavy atom. The molecule has 128 valence electrons. The SMILES string of the molecule is CC(C)c1ccc(CCC(=O)NCCCN2CCNCC2)cc1. The number of nitrogens with one attached hydrogen (secondary N) is 2. The molecule has 1 amide bonds. The lowest BCUT2D eigenvalue weighted by Gasteiger charge is -2.27. The van der Waals surface area contributed by atoms with Crippen LogP contribution >= 0.6 is 0 Å². The number of piperazine rings is 1. The molecular weight excluding hydrogens is 286 g/mol. The summed E-state index contributed by atoms with van der Waals surface area (Å²) in [5.41, 5.74) is 2.59. The molecule has 1 aromatic rings. The molecule has 1 saturated heterocycles. The summed E-state index contributed by atoms with van der Waals surface area (Å²) in [6.45, 7) is 10.7. The summed E-state index contributed by atoms with van der Waals surface area (Å²) in [7, 11) is 0. The summed E-state index contributed by atoms with van der Waals surface area (Å²) in [6.07, 6.45) is 2.44. The third kappa shape index (κ3) is 6.71. The minimum absolute atomic E-state index is 0.165. The zero-order valence-corrected chi connectivity index (χ0v) is 14.6. The second kappa shape index (κ2) is 9.68. The number of amides is 1. The van der Waals surface area contributed by atoms with Crippen molar-refractivity contribution in [3.05, 3.63) is 35.4 Å². The quantitative estimate of drug-likeness (QED) is 0.722. The summed E-state index contributed by atoms with van der Waals surface area (Å²) in [5.74, 6) is 0.723. The average molecular weight is 317 g/mol. The van der Waals surface area contributed by atoms with Gasteiger partial charge in [-0.25, -0.2) is 0 Å². The second-order valence-corrected chi connectivity index (χ2v) is 6.69. The van der Waals surface area contributed by atoms with Gasteiger partial charge in [-0.1, -0.05) is 38.1 Å². The van der Waals surface area contributed by atoms with Crippen molar-refractivity contribution < 1.29 is 4.79 Å². The van der Waals surface area contributed by atoms with Crippen LogP contribution in [-0.4, -0.2) is 50.1 Å². The van der Waals surface area contributed by atoms with E-state index in [0.29, 0.717) is 12.3 Å². The Labute approximate surface area is 140 Å². The first-order valence-electron chi connectivity index (χ1n) is 8.94. The highest BCUT2D eigenvalue weighted by Crippen LogP contribution is 2.15. The molecule has 4 nitrogen and oxygen atoms in total. The van der Waals surface area contributed by atoms with Gasteiger partial charge < -0.3 is 15.5 Å². The minimum Gasteiger partial charge on any atom is -0.356 e. The van der Waals surface area contributed by atoms with E-state index < -0.39 is 0 Å². The first kappa shape index (κ1) is 18.0. The maximum Gasteiger partial charge on any atom is 0.220 e. The van der Waals surface area contributed by atoms with Gasteiger partial charge in [0.1, 0.15) is 0 Å². The smallest absolute Gasteiger partial charge is 0.220 e. The number of hydrogen-bond donors (Lipinski definition) is 2. The normalized spacial score (nSPS) is 15.8. The van der Waals surface area contributed by atoms with Gasteiger partial charge in [0, 0.05) is 39.1 Å². The van der Waals surface area contributed by atoms with Gasteiger partial charge in [-0.15, -0.1) is 0 Å². The molecule has 0 unspecified atom stereocenters. The fourth-order valence-electron chi connectivity index (χ4n) is 2.88. The molecule has 0 aromatic heterocycles. The maximum absolute atomic E-state index is 11.9. The van der Waals surface area contributed by atoms with E-state index in [1.807, 2.05) is 0 Å². The van der Waals surface area contributed by atoms with E-state index in [9.17, 15) is 4.79 Å². The minimum atomic E-state index is 0.165. The van der Waals surface area contributed by atoms with Crippen LogP contribution in [0.2, 0.25) is 0 Å². The van der Waals surface area contributed by atoms with Gasteiger partial charge >= 0.3 is 0 Å². The molecule has 0 atom stereocenters. The highest BCUT2D eigenvalue weighted by atomic mass is 16.1. The van der Waals surface area contributed by atoms with Crippen LogP contribution in [0.3, 0.4) is 0 Å². The Kier molecular flexibility index (Phi) is 7.56. The topological polar surface area (TPSA) is 44.4 Å².